The highest BCUT2D eigenvalue weighted by Gasteiger charge is 2.45. The van der Waals surface area contributed by atoms with Crippen molar-refractivity contribution in [2.75, 3.05) is 9.80 Å². The SMILES string of the molecule is c1ccc2c(c1)Oc1cc3c(c4c1B2c1ccccc1N4c1ccncc1)Oc1ccccc1N3c1ccncc1. The number of pyridine rings is 2. The van der Waals surface area contributed by atoms with Gasteiger partial charge in [0.2, 0.25) is 0 Å². The average molecular weight is 528 g/mol. The number of benzene rings is 4. The van der Waals surface area contributed by atoms with Gasteiger partial charge in [-0.3, -0.25) is 9.97 Å². The summed E-state index contributed by atoms with van der Waals surface area (Å²) in [4.78, 5) is 13.1. The van der Waals surface area contributed by atoms with Gasteiger partial charge in [-0.1, -0.05) is 48.5 Å². The second-order valence-electron chi connectivity index (χ2n) is 10.3. The molecule has 2 aromatic heterocycles. The predicted molar refractivity (Wildman–Crippen MR) is 163 cm³/mol. The molecule has 4 aromatic carbocycles. The Bertz CT molecular complexity index is 1980. The number of rotatable bonds is 2. The fourth-order valence-corrected chi connectivity index (χ4v) is 6.45. The van der Waals surface area contributed by atoms with Crippen molar-refractivity contribution in [1.82, 2.24) is 9.97 Å². The van der Waals surface area contributed by atoms with Crippen LogP contribution in [0, 0.1) is 0 Å². The summed E-state index contributed by atoms with van der Waals surface area (Å²) in [5.41, 5.74) is 9.37. The van der Waals surface area contributed by atoms with Gasteiger partial charge in [0.15, 0.2) is 11.5 Å². The minimum absolute atomic E-state index is 0.0142. The highest BCUT2D eigenvalue weighted by atomic mass is 16.5. The lowest BCUT2D eigenvalue weighted by molar-refractivity contribution is 0.469. The van der Waals surface area contributed by atoms with E-state index in [1.807, 2.05) is 73.3 Å². The highest BCUT2D eigenvalue weighted by Crippen LogP contribution is 2.57. The molecule has 192 valence electrons. The van der Waals surface area contributed by atoms with Crippen LogP contribution < -0.4 is 35.7 Å². The van der Waals surface area contributed by atoms with Crippen LogP contribution in [-0.4, -0.2) is 16.7 Å². The Kier molecular flexibility index (Phi) is 4.60. The van der Waals surface area contributed by atoms with Crippen LogP contribution in [0.2, 0.25) is 0 Å². The molecule has 0 saturated carbocycles. The molecule has 0 aliphatic carbocycles. The number of para-hydroxylation sites is 4. The van der Waals surface area contributed by atoms with Crippen molar-refractivity contribution in [3.05, 3.63) is 128 Å². The van der Waals surface area contributed by atoms with Crippen LogP contribution in [0.25, 0.3) is 0 Å². The Morgan fingerprint density at radius 3 is 1.88 bits per heavy atom. The third-order valence-electron chi connectivity index (χ3n) is 8.09. The molecule has 41 heavy (non-hydrogen) atoms. The van der Waals surface area contributed by atoms with Gasteiger partial charge in [0.05, 0.1) is 17.1 Å². The van der Waals surface area contributed by atoms with Gasteiger partial charge in [0, 0.05) is 53.4 Å². The summed E-state index contributed by atoms with van der Waals surface area (Å²) in [7, 11) is 0. The first kappa shape index (κ1) is 22.3. The van der Waals surface area contributed by atoms with Crippen LogP contribution in [-0.2, 0) is 0 Å². The zero-order valence-electron chi connectivity index (χ0n) is 21.8. The Labute approximate surface area is 237 Å². The van der Waals surface area contributed by atoms with Crippen LogP contribution in [0.15, 0.2) is 128 Å². The summed E-state index contributed by atoms with van der Waals surface area (Å²) in [6, 6.07) is 35.4. The molecule has 0 unspecified atom stereocenters. The highest BCUT2D eigenvalue weighted by molar-refractivity contribution is 6.99. The van der Waals surface area contributed by atoms with E-state index in [2.05, 4.69) is 74.4 Å². The molecule has 3 aliphatic rings. The van der Waals surface area contributed by atoms with Crippen molar-refractivity contribution in [3.8, 4) is 23.0 Å². The van der Waals surface area contributed by atoms with Gasteiger partial charge in [0.25, 0.3) is 6.71 Å². The first-order valence-electron chi connectivity index (χ1n) is 13.6. The van der Waals surface area contributed by atoms with Gasteiger partial charge in [-0.05, 0) is 59.5 Å². The maximum Gasteiger partial charge on any atom is 0.256 e. The summed E-state index contributed by atoms with van der Waals surface area (Å²) < 4.78 is 13.6. The molecule has 0 fully saturated rings. The predicted octanol–water partition coefficient (Wildman–Crippen LogP) is 6.46. The number of nitrogens with zero attached hydrogens (tertiary/aromatic N) is 4. The lowest BCUT2D eigenvalue weighted by Gasteiger charge is -2.43. The van der Waals surface area contributed by atoms with Crippen molar-refractivity contribution >= 4 is 57.2 Å². The average Bonchev–Trinajstić information content (AvgIpc) is 3.04. The molecule has 0 saturated heterocycles. The second kappa shape index (κ2) is 8.47. The summed E-state index contributed by atoms with van der Waals surface area (Å²) in [6.07, 6.45) is 7.30. The van der Waals surface area contributed by atoms with E-state index in [9.17, 15) is 0 Å². The molecule has 0 amide bonds. The van der Waals surface area contributed by atoms with Crippen LogP contribution in [0.5, 0.6) is 23.0 Å². The molecule has 5 heterocycles. The largest absolute Gasteiger partial charge is 0.458 e. The summed E-state index contributed by atoms with van der Waals surface area (Å²) in [6.45, 7) is -0.0142. The second-order valence-corrected chi connectivity index (χ2v) is 10.3. The first-order valence-corrected chi connectivity index (χ1v) is 13.6. The molecular weight excluding hydrogens is 507 g/mol. The summed E-state index contributed by atoms with van der Waals surface area (Å²) >= 11 is 0. The quantitative estimate of drug-likeness (QED) is 0.240. The third-order valence-corrected chi connectivity index (χ3v) is 8.09. The number of aromatic nitrogens is 2. The molecule has 6 nitrogen and oxygen atoms in total. The smallest absolute Gasteiger partial charge is 0.256 e. The van der Waals surface area contributed by atoms with Crippen molar-refractivity contribution in [3.63, 3.8) is 0 Å². The van der Waals surface area contributed by atoms with Crippen LogP contribution in [0.3, 0.4) is 0 Å². The van der Waals surface area contributed by atoms with Gasteiger partial charge in [0.1, 0.15) is 11.5 Å². The van der Waals surface area contributed by atoms with Crippen molar-refractivity contribution in [2.24, 2.45) is 0 Å². The van der Waals surface area contributed by atoms with E-state index in [1.165, 1.54) is 5.46 Å². The number of hydrogen-bond donors (Lipinski definition) is 0. The van der Waals surface area contributed by atoms with E-state index >= 15 is 0 Å². The first-order chi connectivity index (χ1) is 20.4. The molecule has 0 atom stereocenters. The molecule has 6 aromatic rings. The fourth-order valence-electron chi connectivity index (χ4n) is 6.45. The molecule has 3 aliphatic heterocycles. The van der Waals surface area contributed by atoms with E-state index < -0.39 is 0 Å². The van der Waals surface area contributed by atoms with Gasteiger partial charge in [-0.2, -0.15) is 0 Å². The molecule has 7 heteroatoms. The lowest BCUT2D eigenvalue weighted by atomic mass is 9.34. The molecule has 0 bridgehead atoms. The Hall–Kier alpha value is -5.56. The molecular formula is C34H21BN4O2. The van der Waals surface area contributed by atoms with Crippen LogP contribution in [0.4, 0.5) is 34.1 Å². The zero-order valence-corrected chi connectivity index (χ0v) is 21.8. The normalized spacial score (nSPS) is 13.6. The van der Waals surface area contributed by atoms with Gasteiger partial charge in [-0.15, -0.1) is 0 Å². The monoisotopic (exact) mass is 528 g/mol. The molecule has 0 spiro atoms. The van der Waals surface area contributed by atoms with Crippen LogP contribution >= 0.6 is 0 Å². The van der Waals surface area contributed by atoms with E-state index in [4.69, 9.17) is 9.47 Å². The van der Waals surface area contributed by atoms with Gasteiger partial charge in [-0.25, -0.2) is 0 Å². The van der Waals surface area contributed by atoms with Crippen molar-refractivity contribution in [1.29, 1.82) is 0 Å². The van der Waals surface area contributed by atoms with E-state index in [1.54, 1.807) is 0 Å². The number of anilines is 6. The Morgan fingerprint density at radius 1 is 0.512 bits per heavy atom. The maximum absolute atomic E-state index is 6.88. The minimum Gasteiger partial charge on any atom is -0.458 e. The van der Waals surface area contributed by atoms with E-state index in [0.29, 0.717) is 0 Å². The topological polar surface area (TPSA) is 50.7 Å². The summed E-state index contributed by atoms with van der Waals surface area (Å²) in [5, 5.41) is 0. The molecule has 0 N–H and O–H groups in total. The van der Waals surface area contributed by atoms with Gasteiger partial charge < -0.3 is 19.3 Å². The zero-order chi connectivity index (χ0) is 26.9. The van der Waals surface area contributed by atoms with E-state index in [-0.39, 0.29) is 6.71 Å². The molecule has 0 radical (unpaired) electrons. The minimum atomic E-state index is -0.0142. The van der Waals surface area contributed by atoms with Crippen molar-refractivity contribution < 1.29 is 9.47 Å². The fraction of sp³-hybridized carbons (Fsp3) is 0. The third kappa shape index (κ3) is 3.14. The Balaban J connectivity index is 1.42. The Morgan fingerprint density at radius 2 is 1.12 bits per heavy atom. The maximum atomic E-state index is 6.88. The van der Waals surface area contributed by atoms with Crippen LogP contribution in [0.1, 0.15) is 0 Å². The van der Waals surface area contributed by atoms with Crippen molar-refractivity contribution in [2.45, 2.75) is 0 Å². The molecule has 9 rings (SSSR count). The number of ether oxygens (including phenoxy) is 2. The van der Waals surface area contributed by atoms with E-state index in [0.717, 1.165) is 68.0 Å². The number of fused-ring (bicyclic) bond motifs is 7. The lowest BCUT2D eigenvalue weighted by Crippen LogP contribution is -2.59. The standard InChI is InChI=1S/C34H21BN4O2/c1-3-9-26-24(7-1)35-25-8-2-5-11-29(25)40-31-21-28-34(33(32(31)35)39(26)23-15-19-37-20-16-23)41-30-12-6-4-10-27(30)38(28)22-13-17-36-18-14-22/h1-21H. The number of hydrogen-bond acceptors (Lipinski definition) is 6. The summed E-state index contributed by atoms with van der Waals surface area (Å²) in [5.74, 6) is 3.25. The van der Waals surface area contributed by atoms with Gasteiger partial charge >= 0.3 is 0 Å².